The third kappa shape index (κ3) is 2.17. The maximum atomic E-state index is 12.2. The highest BCUT2D eigenvalue weighted by atomic mass is 16.4. The van der Waals surface area contributed by atoms with Gasteiger partial charge in [0.15, 0.2) is 5.78 Å². The fourth-order valence-corrected chi connectivity index (χ4v) is 3.00. The van der Waals surface area contributed by atoms with Crippen molar-refractivity contribution in [2.45, 2.75) is 32.1 Å². The van der Waals surface area contributed by atoms with Gasteiger partial charge >= 0.3 is 5.63 Å². The summed E-state index contributed by atoms with van der Waals surface area (Å²) >= 11 is 0. The molecule has 1 N–H and O–H groups in total. The lowest BCUT2D eigenvalue weighted by atomic mass is 9.88. The van der Waals surface area contributed by atoms with E-state index in [2.05, 4.69) is 0 Å². The summed E-state index contributed by atoms with van der Waals surface area (Å²) in [5.41, 5.74) is 0.765. The lowest BCUT2D eigenvalue weighted by Gasteiger charge is -2.17. The number of rotatable bonds is 3. The smallest absolute Gasteiger partial charge is 0.343 e. The summed E-state index contributed by atoms with van der Waals surface area (Å²) in [5.74, 6) is -0.315. The van der Waals surface area contributed by atoms with Crippen molar-refractivity contribution in [2.24, 2.45) is 0 Å². The molecule has 0 aliphatic heterocycles. The Morgan fingerprint density at radius 2 is 1.90 bits per heavy atom. The lowest BCUT2D eigenvalue weighted by Crippen LogP contribution is -2.16. The molecular weight excluding hydrogens is 268 g/mol. The molecule has 0 saturated heterocycles. The normalized spacial score (nSPS) is 15.0. The number of carbonyl (C=O) groups is 1. The number of ketones is 1. The predicted molar refractivity (Wildman–Crippen MR) is 77.9 cm³/mol. The molecule has 0 radical (unpaired) electrons. The molecule has 1 aliphatic carbocycles. The summed E-state index contributed by atoms with van der Waals surface area (Å²) in [6, 6.07) is 9.47. The maximum absolute atomic E-state index is 12.2. The van der Waals surface area contributed by atoms with Gasteiger partial charge in [0.05, 0.1) is 11.1 Å². The van der Waals surface area contributed by atoms with E-state index in [1.54, 1.807) is 0 Å². The first kappa shape index (κ1) is 13.6. The standard InChI is InChI=1S/C17H16O4/c1-2-11(10-6-4-3-5-7-10)14-16(19)15-12(18)8-9-13(15)21-17(14)20/h3-7,11,19H,2,8-9H2,1H3. The van der Waals surface area contributed by atoms with Crippen molar-refractivity contribution in [1.29, 1.82) is 0 Å². The van der Waals surface area contributed by atoms with E-state index < -0.39 is 5.63 Å². The highest BCUT2D eigenvalue weighted by molar-refractivity contribution is 6.02. The molecule has 0 bridgehead atoms. The Morgan fingerprint density at radius 1 is 1.19 bits per heavy atom. The highest BCUT2D eigenvalue weighted by Crippen LogP contribution is 2.37. The number of fused-ring (bicyclic) bond motifs is 1. The topological polar surface area (TPSA) is 67.5 Å². The Bertz CT molecular complexity index is 743. The zero-order chi connectivity index (χ0) is 15.0. The molecule has 1 aromatic heterocycles. The van der Waals surface area contributed by atoms with Gasteiger partial charge in [-0.05, 0) is 12.0 Å². The number of Topliss-reactive ketones (excluding diaryl/α,β-unsaturated/α-hetero) is 1. The molecule has 0 fully saturated rings. The van der Waals surface area contributed by atoms with E-state index >= 15 is 0 Å². The number of benzene rings is 1. The molecule has 1 aromatic carbocycles. The Balaban J connectivity index is 2.21. The number of carbonyl (C=O) groups excluding carboxylic acids is 1. The van der Waals surface area contributed by atoms with Gasteiger partial charge in [-0.15, -0.1) is 0 Å². The average Bonchev–Trinajstić information content (AvgIpc) is 2.85. The van der Waals surface area contributed by atoms with Gasteiger partial charge < -0.3 is 9.52 Å². The van der Waals surface area contributed by atoms with Gasteiger partial charge in [-0.25, -0.2) is 4.79 Å². The Labute approximate surface area is 122 Å². The molecule has 21 heavy (non-hydrogen) atoms. The third-order valence-electron chi connectivity index (χ3n) is 4.02. The number of aryl methyl sites for hydroxylation is 1. The molecule has 0 amide bonds. The number of hydrogen-bond donors (Lipinski definition) is 1. The zero-order valence-corrected chi connectivity index (χ0v) is 11.8. The van der Waals surface area contributed by atoms with Gasteiger partial charge in [-0.2, -0.15) is 0 Å². The van der Waals surface area contributed by atoms with Gasteiger partial charge in [0.2, 0.25) is 0 Å². The fraction of sp³-hybridized carbons (Fsp3) is 0.294. The summed E-state index contributed by atoms with van der Waals surface area (Å²) in [4.78, 5) is 24.1. The van der Waals surface area contributed by atoms with Crippen LogP contribution in [0.15, 0.2) is 39.5 Å². The Hall–Kier alpha value is -2.36. The fourth-order valence-electron chi connectivity index (χ4n) is 3.00. The summed E-state index contributed by atoms with van der Waals surface area (Å²) < 4.78 is 5.27. The second-order valence-corrected chi connectivity index (χ2v) is 5.24. The zero-order valence-electron chi connectivity index (χ0n) is 11.8. The number of hydrogen-bond acceptors (Lipinski definition) is 4. The van der Waals surface area contributed by atoms with E-state index in [1.807, 2.05) is 37.3 Å². The van der Waals surface area contributed by atoms with Crippen molar-refractivity contribution in [3.8, 4) is 5.75 Å². The van der Waals surface area contributed by atoms with Crippen LogP contribution in [0.4, 0.5) is 0 Å². The second-order valence-electron chi connectivity index (χ2n) is 5.24. The van der Waals surface area contributed by atoms with Gasteiger partial charge in [0, 0.05) is 18.8 Å². The minimum atomic E-state index is -0.545. The average molecular weight is 284 g/mol. The van der Waals surface area contributed by atoms with Crippen LogP contribution in [0.3, 0.4) is 0 Å². The minimum Gasteiger partial charge on any atom is -0.506 e. The molecule has 3 rings (SSSR count). The summed E-state index contributed by atoms with van der Waals surface area (Å²) in [7, 11) is 0. The van der Waals surface area contributed by atoms with E-state index in [4.69, 9.17) is 4.42 Å². The van der Waals surface area contributed by atoms with Crippen LogP contribution in [0.25, 0.3) is 0 Å². The van der Waals surface area contributed by atoms with Gasteiger partial charge in [0.25, 0.3) is 0 Å². The largest absolute Gasteiger partial charge is 0.506 e. The molecule has 2 aromatic rings. The molecule has 4 nitrogen and oxygen atoms in total. The monoisotopic (exact) mass is 284 g/mol. The summed E-state index contributed by atoms with van der Waals surface area (Å²) in [6.07, 6.45) is 1.31. The molecule has 1 atom stereocenters. The molecular formula is C17H16O4. The third-order valence-corrected chi connectivity index (χ3v) is 4.02. The molecule has 1 aliphatic rings. The minimum absolute atomic E-state index is 0.157. The van der Waals surface area contributed by atoms with Crippen LogP contribution in [-0.4, -0.2) is 10.9 Å². The van der Waals surface area contributed by atoms with Crippen molar-refractivity contribution < 1.29 is 14.3 Å². The molecule has 108 valence electrons. The van der Waals surface area contributed by atoms with Crippen molar-refractivity contribution in [2.75, 3.05) is 0 Å². The molecule has 0 spiro atoms. The van der Waals surface area contributed by atoms with Gasteiger partial charge in [-0.1, -0.05) is 37.3 Å². The molecule has 1 unspecified atom stereocenters. The predicted octanol–water partition coefficient (Wildman–Crippen LogP) is 3.02. The van der Waals surface area contributed by atoms with E-state index in [9.17, 15) is 14.7 Å². The van der Waals surface area contributed by atoms with Crippen LogP contribution in [-0.2, 0) is 6.42 Å². The van der Waals surface area contributed by atoms with Crippen molar-refractivity contribution >= 4 is 5.78 Å². The van der Waals surface area contributed by atoms with E-state index in [-0.39, 0.29) is 35.0 Å². The SMILES string of the molecule is CCC(c1ccccc1)c1c(O)c2c(oc1=O)CCC2=O. The molecule has 0 saturated carbocycles. The van der Waals surface area contributed by atoms with Crippen molar-refractivity contribution in [3.05, 3.63) is 63.2 Å². The van der Waals surface area contributed by atoms with E-state index in [1.165, 1.54) is 0 Å². The van der Waals surface area contributed by atoms with Crippen LogP contribution in [0.1, 0.15) is 52.9 Å². The molecule has 1 heterocycles. The second kappa shape index (κ2) is 5.20. The Morgan fingerprint density at radius 3 is 2.57 bits per heavy atom. The maximum Gasteiger partial charge on any atom is 0.343 e. The highest BCUT2D eigenvalue weighted by Gasteiger charge is 2.32. The van der Waals surface area contributed by atoms with Crippen LogP contribution >= 0.6 is 0 Å². The quantitative estimate of drug-likeness (QED) is 0.940. The first-order valence-electron chi connectivity index (χ1n) is 7.10. The summed E-state index contributed by atoms with van der Waals surface area (Å²) in [6.45, 7) is 1.94. The van der Waals surface area contributed by atoms with Crippen LogP contribution in [0, 0.1) is 0 Å². The lowest BCUT2D eigenvalue weighted by molar-refractivity contribution is 0.0992. The first-order valence-corrected chi connectivity index (χ1v) is 7.10. The van der Waals surface area contributed by atoms with Gasteiger partial charge in [-0.3, -0.25) is 4.79 Å². The van der Waals surface area contributed by atoms with Crippen LogP contribution < -0.4 is 5.63 Å². The number of aromatic hydroxyl groups is 1. The summed E-state index contributed by atoms with van der Waals surface area (Å²) in [5, 5.41) is 10.4. The van der Waals surface area contributed by atoms with Crippen molar-refractivity contribution in [3.63, 3.8) is 0 Å². The first-order chi connectivity index (χ1) is 10.1. The van der Waals surface area contributed by atoms with Crippen LogP contribution in [0.5, 0.6) is 5.75 Å². The van der Waals surface area contributed by atoms with Crippen LogP contribution in [0.2, 0.25) is 0 Å². The van der Waals surface area contributed by atoms with Crippen molar-refractivity contribution in [1.82, 2.24) is 0 Å². The van der Waals surface area contributed by atoms with E-state index in [0.717, 1.165) is 5.56 Å². The van der Waals surface area contributed by atoms with Gasteiger partial charge in [0.1, 0.15) is 11.5 Å². The molecule has 4 heteroatoms. The Kier molecular flexibility index (Phi) is 3.37. The van der Waals surface area contributed by atoms with E-state index in [0.29, 0.717) is 18.6 Å².